The van der Waals surface area contributed by atoms with Crippen LogP contribution in [0.3, 0.4) is 0 Å². The third-order valence-electron chi connectivity index (χ3n) is 4.04. The Hall–Kier alpha value is -2.06. The molecule has 1 aromatic carbocycles. The van der Waals surface area contributed by atoms with Crippen LogP contribution in [0.2, 0.25) is 5.02 Å². The highest BCUT2D eigenvalue weighted by Gasteiger charge is 2.29. The number of hydrogen-bond acceptors (Lipinski definition) is 3. The first-order chi connectivity index (χ1) is 11.7. The van der Waals surface area contributed by atoms with Crippen LogP contribution in [-0.4, -0.2) is 36.4 Å². The van der Waals surface area contributed by atoms with Crippen molar-refractivity contribution in [2.75, 3.05) is 11.3 Å². The van der Waals surface area contributed by atoms with E-state index in [1.807, 2.05) is 13.8 Å². The molecule has 25 heavy (non-hydrogen) atoms. The van der Waals surface area contributed by atoms with Gasteiger partial charge in [0.15, 0.2) is 0 Å². The van der Waals surface area contributed by atoms with E-state index in [-0.39, 0.29) is 27.6 Å². The molecule has 1 aliphatic heterocycles. The Morgan fingerprint density at radius 2 is 1.96 bits per heavy atom. The number of hydrogen-bond donors (Lipinski definition) is 1. The van der Waals surface area contributed by atoms with Gasteiger partial charge in [0.2, 0.25) is 0 Å². The third kappa shape index (κ3) is 3.36. The smallest absolute Gasteiger partial charge is 0.270 e. The Labute approximate surface area is 150 Å². The van der Waals surface area contributed by atoms with Gasteiger partial charge in [-0.05, 0) is 38.1 Å². The average molecular weight is 386 g/mol. The van der Waals surface area contributed by atoms with Crippen LogP contribution in [0.5, 0.6) is 0 Å². The van der Waals surface area contributed by atoms with E-state index in [9.17, 15) is 17.6 Å². The minimum Gasteiger partial charge on any atom is -0.340 e. The van der Waals surface area contributed by atoms with Crippen molar-refractivity contribution in [1.29, 1.82) is 0 Å². The quantitative estimate of drug-likeness (QED) is 0.879. The van der Waals surface area contributed by atoms with Gasteiger partial charge < -0.3 is 9.47 Å². The van der Waals surface area contributed by atoms with Gasteiger partial charge in [-0.1, -0.05) is 11.6 Å². The molecule has 6 nitrogen and oxygen atoms in total. The highest BCUT2D eigenvalue weighted by Crippen LogP contribution is 2.25. The SMILES string of the molecule is CC(C)N1CCn2cc(S(=O)(=O)Nc3ccc(Cl)cc3F)cc2C1=O. The Morgan fingerprint density at radius 1 is 1.24 bits per heavy atom. The first kappa shape index (κ1) is 17.8. The van der Waals surface area contributed by atoms with E-state index in [0.717, 1.165) is 6.07 Å². The second-order valence-corrected chi connectivity index (χ2v) is 8.20. The predicted molar refractivity (Wildman–Crippen MR) is 92.8 cm³/mol. The number of nitrogens with zero attached hydrogens (tertiary/aromatic N) is 2. The Bertz CT molecular complexity index is 940. The van der Waals surface area contributed by atoms with E-state index in [2.05, 4.69) is 4.72 Å². The van der Waals surface area contributed by atoms with Crippen LogP contribution in [0.25, 0.3) is 0 Å². The fourth-order valence-corrected chi connectivity index (χ4v) is 3.99. The lowest BCUT2D eigenvalue weighted by Gasteiger charge is -2.31. The van der Waals surface area contributed by atoms with Gasteiger partial charge in [0.1, 0.15) is 16.4 Å². The van der Waals surface area contributed by atoms with Gasteiger partial charge in [-0.25, -0.2) is 12.8 Å². The molecule has 0 spiro atoms. The molecule has 0 aliphatic carbocycles. The number of amides is 1. The topological polar surface area (TPSA) is 71.4 Å². The largest absolute Gasteiger partial charge is 0.340 e. The molecule has 2 aromatic rings. The van der Waals surface area contributed by atoms with Gasteiger partial charge in [0.05, 0.1) is 5.69 Å². The molecule has 3 rings (SSSR count). The summed E-state index contributed by atoms with van der Waals surface area (Å²) in [5.74, 6) is -0.998. The zero-order valence-electron chi connectivity index (χ0n) is 13.7. The molecule has 1 amide bonds. The summed E-state index contributed by atoms with van der Waals surface area (Å²) < 4.78 is 42.7. The van der Waals surface area contributed by atoms with Crippen molar-refractivity contribution in [3.05, 3.63) is 47.0 Å². The molecule has 0 unspecified atom stereocenters. The maximum atomic E-state index is 13.8. The third-order valence-corrected chi connectivity index (χ3v) is 5.61. The summed E-state index contributed by atoms with van der Waals surface area (Å²) in [5, 5.41) is 0.166. The van der Waals surface area contributed by atoms with E-state index in [1.165, 1.54) is 24.4 Å². The number of benzene rings is 1. The number of rotatable bonds is 4. The van der Waals surface area contributed by atoms with Gasteiger partial charge in [0, 0.05) is 30.4 Å². The van der Waals surface area contributed by atoms with E-state index in [0.29, 0.717) is 18.8 Å². The van der Waals surface area contributed by atoms with Crippen molar-refractivity contribution in [2.24, 2.45) is 0 Å². The number of carbonyl (C=O) groups excluding carboxylic acids is 1. The molecule has 0 fully saturated rings. The van der Waals surface area contributed by atoms with Gasteiger partial charge in [-0.15, -0.1) is 0 Å². The van der Waals surface area contributed by atoms with Crippen molar-refractivity contribution in [2.45, 2.75) is 31.3 Å². The van der Waals surface area contributed by atoms with Crippen LogP contribution >= 0.6 is 11.6 Å². The summed E-state index contributed by atoms with van der Waals surface area (Å²) in [6, 6.07) is 4.99. The predicted octanol–water partition coefficient (Wildman–Crippen LogP) is 2.95. The lowest BCUT2D eigenvalue weighted by Crippen LogP contribution is -2.43. The molecular formula is C16H17ClFN3O3S. The summed E-state index contributed by atoms with van der Waals surface area (Å²) >= 11 is 5.67. The van der Waals surface area contributed by atoms with Crippen LogP contribution in [0, 0.1) is 5.82 Å². The molecule has 1 aromatic heterocycles. The second-order valence-electron chi connectivity index (χ2n) is 6.08. The summed E-state index contributed by atoms with van der Waals surface area (Å²) in [4.78, 5) is 14.1. The summed E-state index contributed by atoms with van der Waals surface area (Å²) in [6.07, 6.45) is 1.39. The zero-order valence-corrected chi connectivity index (χ0v) is 15.2. The van der Waals surface area contributed by atoms with Crippen molar-refractivity contribution >= 4 is 33.2 Å². The molecule has 0 saturated heterocycles. The average Bonchev–Trinajstić information content (AvgIpc) is 2.96. The second kappa shape index (κ2) is 6.34. The maximum Gasteiger partial charge on any atom is 0.270 e. The normalized spacial score (nSPS) is 14.8. The minimum absolute atomic E-state index is 0.0255. The van der Waals surface area contributed by atoms with Crippen LogP contribution in [-0.2, 0) is 16.6 Å². The van der Waals surface area contributed by atoms with E-state index in [4.69, 9.17) is 11.6 Å². The van der Waals surface area contributed by atoms with Crippen LogP contribution in [0.15, 0.2) is 35.4 Å². The number of halogens is 2. The van der Waals surface area contributed by atoms with Crippen LogP contribution < -0.4 is 4.72 Å². The lowest BCUT2D eigenvalue weighted by molar-refractivity contribution is 0.0649. The molecule has 2 heterocycles. The number of anilines is 1. The van der Waals surface area contributed by atoms with Crippen LogP contribution in [0.4, 0.5) is 10.1 Å². The van der Waals surface area contributed by atoms with Crippen molar-refractivity contribution in [3.8, 4) is 0 Å². The van der Waals surface area contributed by atoms with E-state index < -0.39 is 15.8 Å². The molecular weight excluding hydrogens is 369 g/mol. The van der Waals surface area contributed by atoms with Crippen molar-refractivity contribution < 1.29 is 17.6 Å². The first-order valence-electron chi connectivity index (χ1n) is 7.68. The fourth-order valence-electron chi connectivity index (χ4n) is 2.73. The molecule has 9 heteroatoms. The van der Waals surface area contributed by atoms with Crippen LogP contribution in [0.1, 0.15) is 24.3 Å². The number of nitrogens with one attached hydrogen (secondary N) is 1. The van der Waals surface area contributed by atoms with Gasteiger partial charge in [0.25, 0.3) is 15.9 Å². The van der Waals surface area contributed by atoms with Gasteiger partial charge >= 0.3 is 0 Å². The van der Waals surface area contributed by atoms with Gasteiger partial charge in [-0.2, -0.15) is 0 Å². The maximum absolute atomic E-state index is 13.8. The molecule has 1 aliphatic rings. The molecule has 1 N–H and O–H groups in total. The van der Waals surface area contributed by atoms with E-state index in [1.54, 1.807) is 9.47 Å². The summed E-state index contributed by atoms with van der Waals surface area (Å²) in [5.41, 5.74) is 0.0978. The standard InChI is InChI=1S/C16H17ClFN3O3S/c1-10(2)21-6-5-20-9-12(8-15(20)16(21)22)25(23,24)19-14-4-3-11(17)7-13(14)18/h3-4,7-10,19H,5-6H2,1-2H3. The number of fused-ring (bicyclic) bond motifs is 1. The highest BCUT2D eigenvalue weighted by molar-refractivity contribution is 7.92. The summed E-state index contributed by atoms with van der Waals surface area (Å²) in [6.45, 7) is 4.82. The summed E-state index contributed by atoms with van der Waals surface area (Å²) in [7, 11) is -4.03. The molecule has 0 saturated carbocycles. The van der Waals surface area contributed by atoms with E-state index >= 15 is 0 Å². The minimum atomic E-state index is -4.03. The van der Waals surface area contributed by atoms with Gasteiger partial charge in [-0.3, -0.25) is 9.52 Å². The Balaban J connectivity index is 1.92. The van der Waals surface area contributed by atoms with Crippen molar-refractivity contribution in [1.82, 2.24) is 9.47 Å². The lowest BCUT2D eigenvalue weighted by atomic mass is 10.2. The molecule has 0 bridgehead atoms. The molecule has 0 radical (unpaired) electrons. The highest BCUT2D eigenvalue weighted by atomic mass is 35.5. The Kier molecular flexibility index (Phi) is 4.51. The molecule has 0 atom stereocenters. The Morgan fingerprint density at radius 3 is 2.60 bits per heavy atom. The number of carbonyl (C=O) groups is 1. The van der Waals surface area contributed by atoms with Crippen molar-refractivity contribution in [3.63, 3.8) is 0 Å². The monoisotopic (exact) mass is 385 g/mol. The first-order valence-corrected chi connectivity index (χ1v) is 9.54. The fraction of sp³-hybridized carbons (Fsp3) is 0.312. The molecule has 134 valence electrons. The number of sulfonamides is 1. The zero-order chi connectivity index (χ0) is 18.4. The number of aromatic nitrogens is 1.